The lowest BCUT2D eigenvalue weighted by atomic mass is 10.1. The van der Waals surface area contributed by atoms with Crippen LogP contribution in [-0.4, -0.2) is 31.4 Å². The topological polar surface area (TPSA) is 50.7 Å². The lowest BCUT2D eigenvalue weighted by Crippen LogP contribution is -2.27. The third kappa shape index (κ3) is 2.19. The highest BCUT2D eigenvalue weighted by atomic mass is 32.2. The first kappa shape index (κ1) is 12.2. The van der Waals surface area contributed by atoms with E-state index in [0.29, 0.717) is 4.75 Å². The highest BCUT2D eigenvalue weighted by Gasteiger charge is 2.29. The third-order valence-corrected chi connectivity index (χ3v) is 5.76. The molecule has 1 saturated heterocycles. The van der Waals surface area contributed by atoms with Crippen molar-refractivity contribution < 1.29 is 0 Å². The molecule has 2 aromatic rings. The van der Waals surface area contributed by atoms with Gasteiger partial charge < -0.3 is 5.32 Å². The zero-order valence-electron chi connectivity index (χ0n) is 10.6. The Morgan fingerprint density at radius 2 is 2.33 bits per heavy atom. The Bertz CT molecular complexity index is 560. The van der Waals surface area contributed by atoms with Gasteiger partial charge in [-0.15, -0.1) is 0 Å². The van der Waals surface area contributed by atoms with Crippen molar-refractivity contribution >= 4 is 39.3 Å². The number of aryl methyl sites for hydroxylation is 1. The number of thioether (sulfide) groups is 1. The molecule has 1 atom stereocenters. The average Bonchev–Trinajstić information content (AvgIpc) is 2.95. The summed E-state index contributed by atoms with van der Waals surface area (Å²) in [6.07, 6.45) is 4.22. The van der Waals surface area contributed by atoms with Gasteiger partial charge in [0.2, 0.25) is 0 Å². The highest BCUT2D eigenvalue weighted by molar-refractivity contribution is 8.00. The van der Waals surface area contributed by atoms with Gasteiger partial charge in [-0.1, -0.05) is 0 Å². The van der Waals surface area contributed by atoms with Gasteiger partial charge >= 0.3 is 0 Å². The normalized spacial score (nSPS) is 23.7. The zero-order chi connectivity index (χ0) is 12.6. The minimum atomic E-state index is 0.342. The van der Waals surface area contributed by atoms with Crippen molar-refractivity contribution in [2.24, 2.45) is 0 Å². The van der Waals surface area contributed by atoms with Crippen LogP contribution < -0.4 is 5.32 Å². The van der Waals surface area contributed by atoms with Gasteiger partial charge in [0.1, 0.15) is 17.0 Å². The number of hydrogen-bond acceptors (Lipinski definition) is 6. The maximum atomic E-state index is 4.37. The van der Waals surface area contributed by atoms with Crippen LogP contribution in [0.25, 0.3) is 10.2 Å². The van der Waals surface area contributed by atoms with Gasteiger partial charge in [0.25, 0.3) is 0 Å². The lowest BCUT2D eigenvalue weighted by molar-refractivity contribution is 0.634. The Hall–Kier alpha value is -0.880. The van der Waals surface area contributed by atoms with Crippen LogP contribution in [0, 0.1) is 6.92 Å². The van der Waals surface area contributed by atoms with Crippen LogP contribution >= 0.6 is 23.3 Å². The number of fused-ring (bicyclic) bond motifs is 1. The molecule has 0 saturated carbocycles. The molecule has 96 valence electrons. The molecule has 0 aromatic carbocycles. The summed E-state index contributed by atoms with van der Waals surface area (Å²) < 4.78 is 4.69. The third-order valence-electron chi connectivity index (χ3n) is 3.37. The molecule has 18 heavy (non-hydrogen) atoms. The van der Waals surface area contributed by atoms with Gasteiger partial charge in [-0.05, 0) is 44.0 Å². The van der Waals surface area contributed by atoms with Gasteiger partial charge in [0, 0.05) is 11.3 Å². The van der Waals surface area contributed by atoms with E-state index in [1.165, 1.54) is 30.1 Å². The number of hydrogen-bond donors (Lipinski definition) is 1. The van der Waals surface area contributed by atoms with E-state index in [1.807, 2.05) is 6.92 Å². The van der Waals surface area contributed by atoms with Crippen molar-refractivity contribution in [1.82, 2.24) is 14.3 Å². The van der Waals surface area contributed by atoms with Gasteiger partial charge in [0.05, 0.1) is 11.1 Å². The Morgan fingerprint density at radius 3 is 3.11 bits per heavy atom. The summed E-state index contributed by atoms with van der Waals surface area (Å²) >= 11 is 3.50. The fraction of sp³-hybridized carbons (Fsp3) is 0.583. The fourth-order valence-electron chi connectivity index (χ4n) is 2.30. The predicted molar refractivity (Wildman–Crippen MR) is 78.5 cm³/mol. The van der Waals surface area contributed by atoms with E-state index < -0.39 is 0 Å². The quantitative estimate of drug-likeness (QED) is 0.936. The van der Waals surface area contributed by atoms with Crippen molar-refractivity contribution in [2.75, 3.05) is 17.6 Å². The van der Waals surface area contributed by atoms with Crippen molar-refractivity contribution in [3.05, 3.63) is 12.0 Å². The minimum Gasteiger partial charge on any atom is -0.368 e. The Kier molecular flexibility index (Phi) is 3.15. The molecule has 0 radical (unpaired) electrons. The Labute approximate surface area is 115 Å². The standard InChI is InChI=1S/C12H16N4S2/c1-8-9-10(14-7-15-11(9)18-16-8)13-6-12(2)4-3-5-17-12/h7H,3-6H2,1-2H3,(H,13,14,15). The van der Waals surface area contributed by atoms with Crippen molar-refractivity contribution in [3.63, 3.8) is 0 Å². The van der Waals surface area contributed by atoms with Crippen molar-refractivity contribution in [3.8, 4) is 0 Å². The number of rotatable bonds is 3. The number of nitrogens with one attached hydrogen (secondary N) is 1. The van der Waals surface area contributed by atoms with Crippen LogP contribution in [0.3, 0.4) is 0 Å². The molecule has 1 unspecified atom stereocenters. The summed E-state index contributed by atoms with van der Waals surface area (Å²) in [4.78, 5) is 9.59. The second kappa shape index (κ2) is 4.66. The summed E-state index contributed by atoms with van der Waals surface area (Å²) in [6, 6.07) is 0. The van der Waals surface area contributed by atoms with Gasteiger partial charge in [-0.3, -0.25) is 0 Å². The number of aromatic nitrogens is 3. The van der Waals surface area contributed by atoms with Crippen LogP contribution in [0.4, 0.5) is 5.82 Å². The van der Waals surface area contributed by atoms with E-state index >= 15 is 0 Å². The molecule has 0 amide bonds. The van der Waals surface area contributed by atoms with Crippen molar-refractivity contribution in [1.29, 1.82) is 0 Å². The molecule has 6 heteroatoms. The lowest BCUT2D eigenvalue weighted by Gasteiger charge is -2.23. The molecule has 2 aromatic heterocycles. The molecule has 3 heterocycles. The van der Waals surface area contributed by atoms with Gasteiger partial charge in [0.15, 0.2) is 0 Å². The van der Waals surface area contributed by atoms with E-state index in [-0.39, 0.29) is 0 Å². The van der Waals surface area contributed by atoms with Gasteiger partial charge in [-0.25, -0.2) is 9.97 Å². The predicted octanol–water partition coefficient (Wildman–Crippen LogP) is 3.09. The molecule has 4 nitrogen and oxygen atoms in total. The van der Waals surface area contributed by atoms with E-state index in [1.54, 1.807) is 6.33 Å². The molecular weight excluding hydrogens is 264 g/mol. The highest BCUT2D eigenvalue weighted by Crippen LogP contribution is 2.38. The smallest absolute Gasteiger partial charge is 0.149 e. The average molecular weight is 280 g/mol. The van der Waals surface area contributed by atoms with Gasteiger partial charge in [-0.2, -0.15) is 16.1 Å². The molecule has 1 fully saturated rings. The summed E-state index contributed by atoms with van der Waals surface area (Å²) in [5.41, 5.74) is 1.02. The maximum absolute atomic E-state index is 4.37. The summed E-state index contributed by atoms with van der Waals surface area (Å²) in [7, 11) is 0. The summed E-state index contributed by atoms with van der Waals surface area (Å²) in [6.45, 7) is 5.30. The monoisotopic (exact) mass is 280 g/mol. The first-order valence-corrected chi connectivity index (χ1v) is 7.89. The molecule has 1 aliphatic heterocycles. The Morgan fingerprint density at radius 1 is 1.44 bits per heavy atom. The molecule has 1 N–H and O–H groups in total. The maximum Gasteiger partial charge on any atom is 0.149 e. The molecule has 0 bridgehead atoms. The molecular formula is C12H16N4S2. The minimum absolute atomic E-state index is 0.342. The van der Waals surface area contributed by atoms with Crippen LogP contribution in [0.1, 0.15) is 25.5 Å². The van der Waals surface area contributed by atoms with Crippen molar-refractivity contribution in [2.45, 2.75) is 31.4 Å². The zero-order valence-corrected chi connectivity index (χ0v) is 12.2. The van der Waals surface area contributed by atoms with E-state index in [0.717, 1.165) is 28.3 Å². The summed E-state index contributed by atoms with van der Waals surface area (Å²) in [5.74, 6) is 2.20. The van der Waals surface area contributed by atoms with Crippen LogP contribution in [0.2, 0.25) is 0 Å². The van der Waals surface area contributed by atoms with Crippen LogP contribution in [0.5, 0.6) is 0 Å². The largest absolute Gasteiger partial charge is 0.368 e. The Balaban J connectivity index is 1.84. The molecule has 0 aliphatic carbocycles. The molecule has 1 aliphatic rings. The SMILES string of the molecule is Cc1nsc2ncnc(NCC3(C)CCCS3)c12. The molecule has 3 rings (SSSR count). The van der Waals surface area contributed by atoms with Crippen LogP contribution in [-0.2, 0) is 0 Å². The van der Waals surface area contributed by atoms with Crippen LogP contribution in [0.15, 0.2) is 6.33 Å². The van der Waals surface area contributed by atoms with E-state index in [2.05, 4.69) is 38.3 Å². The summed E-state index contributed by atoms with van der Waals surface area (Å²) in [5, 5.41) is 4.57. The second-order valence-corrected chi connectivity index (χ2v) is 7.36. The molecule has 0 spiro atoms. The van der Waals surface area contributed by atoms with E-state index in [4.69, 9.17) is 0 Å². The fourth-order valence-corrected chi connectivity index (χ4v) is 4.29. The van der Waals surface area contributed by atoms with E-state index in [9.17, 15) is 0 Å². The first-order chi connectivity index (χ1) is 8.68. The number of anilines is 1. The number of nitrogens with zero attached hydrogens (tertiary/aromatic N) is 3. The second-order valence-electron chi connectivity index (χ2n) is 4.93. The first-order valence-electron chi connectivity index (χ1n) is 6.13.